The van der Waals surface area contributed by atoms with Gasteiger partial charge < -0.3 is 10.5 Å². The highest BCUT2D eigenvalue weighted by molar-refractivity contribution is 7.89. The van der Waals surface area contributed by atoms with E-state index in [4.69, 9.17) is 22.1 Å². The lowest BCUT2D eigenvalue weighted by molar-refractivity contribution is -0.118. The summed E-state index contributed by atoms with van der Waals surface area (Å²) in [6.07, 6.45) is 0. The van der Waals surface area contributed by atoms with Gasteiger partial charge in [-0.1, -0.05) is 17.7 Å². The number of rotatable bonds is 7. The predicted molar refractivity (Wildman–Crippen MR) is 71.2 cm³/mol. The van der Waals surface area contributed by atoms with E-state index >= 15 is 0 Å². The van der Waals surface area contributed by atoms with E-state index in [-0.39, 0.29) is 18.2 Å². The Bertz CT molecular complexity index is 594. The normalized spacial score (nSPS) is 11.8. The SMILES string of the molecule is COCCN(CC(N)=O)S(=O)(=O)c1cccc(Cl)c1F. The molecule has 1 aromatic carbocycles. The summed E-state index contributed by atoms with van der Waals surface area (Å²) < 4.78 is 44.0. The van der Waals surface area contributed by atoms with Crippen molar-refractivity contribution in [2.24, 2.45) is 5.73 Å². The third-order valence-corrected chi connectivity index (χ3v) is 4.57. The molecule has 0 atom stereocenters. The molecular formula is C11H14ClFN2O4S. The van der Waals surface area contributed by atoms with E-state index in [0.717, 1.165) is 10.4 Å². The predicted octanol–water partition coefficient (Wildman–Crippen LogP) is 0.602. The molecule has 0 aliphatic rings. The van der Waals surface area contributed by atoms with Crippen LogP contribution in [0.25, 0.3) is 0 Å². The number of carbonyl (C=O) groups is 1. The summed E-state index contributed by atoms with van der Waals surface area (Å²) in [5, 5.41) is -0.322. The Kier molecular flexibility index (Phi) is 5.88. The topological polar surface area (TPSA) is 89.7 Å². The quantitative estimate of drug-likeness (QED) is 0.795. The highest BCUT2D eigenvalue weighted by Gasteiger charge is 2.29. The van der Waals surface area contributed by atoms with Gasteiger partial charge >= 0.3 is 0 Å². The van der Waals surface area contributed by atoms with Crippen LogP contribution in [-0.4, -0.2) is 45.4 Å². The van der Waals surface area contributed by atoms with Gasteiger partial charge in [0.2, 0.25) is 15.9 Å². The molecule has 20 heavy (non-hydrogen) atoms. The molecule has 112 valence electrons. The number of primary amides is 1. The van der Waals surface area contributed by atoms with Gasteiger partial charge in [0.15, 0.2) is 5.82 Å². The van der Waals surface area contributed by atoms with Crippen molar-refractivity contribution >= 4 is 27.5 Å². The number of hydrogen-bond donors (Lipinski definition) is 1. The summed E-state index contributed by atoms with van der Waals surface area (Å²) in [5.41, 5.74) is 5.00. The van der Waals surface area contributed by atoms with E-state index in [1.54, 1.807) is 0 Å². The molecule has 0 aliphatic carbocycles. The zero-order valence-electron chi connectivity index (χ0n) is 10.7. The number of ether oxygens (including phenoxy) is 1. The number of carbonyl (C=O) groups excluding carboxylic acids is 1. The third-order valence-electron chi connectivity index (χ3n) is 2.41. The number of methoxy groups -OCH3 is 1. The number of sulfonamides is 1. The molecule has 1 aromatic rings. The van der Waals surface area contributed by atoms with Gasteiger partial charge in [-0.15, -0.1) is 0 Å². The second-order valence-electron chi connectivity index (χ2n) is 3.85. The minimum Gasteiger partial charge on any atom is -0.383 e. The molecule has 2 N–H and O–H groups in total. The maximum Gasteiger partial charge on any atom is 0.246 e. The number of nitrogens with zero attached hydrogens (tertiary/aromatic N) is 1. The molecule has 0 saturated carbocycles. The Morgan fingerprint density at radius 1 is 1.50 bits per heavy atom. The van der Waals surface area contributed by atoms with Crippen LogP contribution in [0.15, 0.2) is 23.1 Å². The van der Waals surface area contributed by atoms with Crippen molar-refractivity contribution in [1.29, 1.82) is 0 Å². The first kappa shape index (κ1) is 16.8. The van der Waals surface area contributed by atoms with Gasteiger partial charge in [0, 0.05) is 13.7 Å². The van der Waals surface area contributed by atoms with E-state index in [1.807, 2.05) is 0 Å². The molecule has 0 heterocycles. The first-order chi connectivity index (χ1) is 9.30. The van der Waals surface area contributed by atoms with Crippen LogP contribution in [-0.2, 0) is 19.6 Å². The van der Waals surface area contributed by atoms with Crippen molar-refractivity contribution in [3.05, 3.63) is 29.0 Å². The Hall–Kier alpha value is -1.22. The van der Waals surface area contributed by atoms with Gasteiger partial charge in [-0.2, -0.15) is 4.31 Å². The second-order valence-corrected chi connectivity index (χ2v) is 6.16. The zero-order chi connectivity index (χ0) is 15.3. The smallest absolute Gasteiger partial charge is 0.246 e. The maximum atomic E-state index is 13.8. The molecule has 1 amide bonds. The monoisotopic (exact) mass is 324 g/mol. The van der Waals surface area contributed by atoms with Crippen LogP contribution < -0.4 is 5.73 Å². The van der Waals surface area contributed by atoms with E-state index < -0.39 is 33.2 Å². The highest BCUT2D eigenvalue weighted by Crippen LogP contribution is 2.24. The van der Waals surface area contributed by atoms with Gasteiger partial charge in [0.05, 0.1) is 18.2 Å². The minimum atomic E-state index is -4.23. The molecule has 0 radical (unpaired) electrons. The molecule has 9 heteroatoms. The standard InChI is InChI=1S/C11H14ClFN2O4S/c1-19-6-5-15(7-10(14)16)20(17,18)9-4-2-3-8(12)11(9)13/h2-4H,5-7H2,1H3,(H2,14,16). The number of halogens is 2. The lowest BCUT2D eigenvalue weighted by atomic mass is 10.3. The largest absolute Gasteiger partial charge is 0.383 e. The van der Waals surface area contributed by atoms with Crippen LogP contribution in [0.5, 0.6) is 0 Å². The molecule has 6 nitrogen and oxygen atoms in total. The van der Waals surface area contributed by atoms with E-state index in [9.17, 15) is 17.6 Å². The molecule has 0 bridgehead atoms. The fourth-order valence-electron chi connectivity index (χ4n) is 1.47. The van der Waals surface area contributed by atoms with E-state index in [2.05, 4.69) is 0 Å². The molecule has 0 aromatic heterocycles. The lowest BCUT2D eigenvalue weighted by Gasteiger charge is -2.20. The molecule has 0 unspecified atom stereocenters. The Balaban J connectivity index is 3.21. The second kappa shape index (κ2) is 6.98. The van der Waals surface area contributed by atoms with Gasteiger partial charge in [-0.3, -0.25) is 4.79 Å². The van der Waals surface area contributed by atoms with Crippen molar-refractivity contribution in [2.75, 3.05) is 26.8 Å². The van der Waals surface area contributed by atoms with Crippen LogP contribution >= 0.6 is 11.6 Å². The third kappa shape index (κ3) is 3.89. The van der Waals surface area contributed by atoms with E-state index in [1.165, 1.54) is 19.2 Å². The van der Waals surface area contributed by atoms with Crippen molar-refractivity contribution in [3.8, 4) is 0 Å². The summed E-state index contributed by atoms with van der Waals surface area (Å²) in [4.78, 5) is 10.3. The zero-order valence-corrected chi connectivity index (χ0v) is 12.2. The summed E-state index contributed by atoms with van der Waals surface area (Å²) >= 11 is 5.56. The molecule has 0 fully saturated rings. The van der Waals surface area contributed by atoms with Gasteiger partial charge in [0.25, 0.3) is 0 Å². The van der Waals surface area contributed by atoms with Crippen LogP contribution in [0.4, 0.5) is 4.39 Å². The maximum absolute atomic E-state index is 13.8. The fourth-order valence-corrected chi connectivity index (χ4v) is 3.18. The average molecular weight is 325 g/mol. The van der Waals surface area contributed by atoms with Gasteiger partial charge in [-0.25, -0.2) is 12.8 Å². The summed E-state index contributed by atoms with van der Waals surface area (Å²) in [7, 11) is -2.86. The van der Waals surface area contributed by atoms with Crippen molar-refractivity contribution in [2.45, 2.75) is 4.90 Å². The molecular weight excluding hydrogens is 311 g/mol. The van der Waals surface area contributed by atoms with Crippen LogP contribution in [0.2, 0.25) is 5.02 Å². The first-order valence-electron chi connectivity index (χ1n) is 5.52. The molecule has 0 aliphatic heterocycles. The number of amides is 1. The summed E-state index contributed by atoms with van der Waals surface area (Å²) in [5.74, 6) is -1.92. The average Bonchev–Trinajstić information content (AvgIpc) is 2.37. The minimum absolute atomic E-state index is 0.0364. The highest BCUT2D eigenvalue weighted by atomic mass is 35.5. The molecule has 0 saturated heterocycles. The Morgan fingerprint density at radius 2 is 2.15 bits per heavy atom. The number of hydrogen-bond acceptors (Lipinski definition) is 4. The van der Waals surface area contributed by atoms with Crippen molar-refractivity contribution in [1.82, 2.24) is 4.31 Å². The van der Waals surface area contributed by atoms with Gasteiger partial charge in [-0.05, 0) is 12.1 Å². The lowest BCUT2D eigenvalue weighted by Crippen LogP contribution is -2.40. The van der Waals surface area contributed by atoms with Crippen molar-refractivity contribution < 1.29 is 22.3 Å². The van der Waals surface area contributed by atoms with Crippen LogP contribution in [0.1, 0.15) is 0 Å². The van der Waals surface area contributed by atoms with E-state index in [0.29, 0.717) is 0 Å². The van der Waals surface area contributed by atoms with Crippen LogP contribution in [0.3, 0.4) is 0 Å². The fraction of sp³-hybridized carbons (Fsp3) is 0.364. The van der Waals surface area contributed by atoms with Gasteiger partial charge in [0.1, 0.15) is 4.90 Å². The summed E-state index contributed by atoms with van der Waals surface area (Å²) in [6.45, 7) is -0.667. The number of nitrogens with two attached hydrogens (primary N) is 1. The Morgan fingerprint density at radius 3 is 2.70 bits per heavy atom. The Labute approximate surface area is 121 Å². The van der Waals surface area contributed by atoms with Crippen LogP contribution in [0, 0.1) is 5.82 Å². The van der Waals surface area contributed by atoms with Crippen molar-refractivity contribution in [3.63, 3.8) is 0 Å². The molecule has 0 spiro atoms. The number of benzene rings is 1. The molecule has 1 rings (SSSR count). The summed E-state index contributed by atoms with van der Waals surface area (Å²) in [6, 6.07) is 3.60. The first-order valence-corrected chi connectivity index (χ1v) is 7.34.